The summed E-state index contributed by atoms with van der Waals surface area (Å²) in [6, 6.07) is 3.99. The molecule has 0 saturated carbocycles. The maximum Gasteiger partial charge on any atom is 0.183 e. The number of thiazole rings is 1. The van der Waals surface area contributed by atoms with E-state index < -0.39 is 0 Å². The smallest absolute Gasteiger partial charge is 0.183 e. The molecular weight excluding hydrogens is 182 g/mol. The van der Waals surface area contributed by atoms with Crippen LogP contribution in [0.1, 0.15) is 6.92 Å². The third-order valence-electron chi connectivity index (χ3n) is 1.71. The Kier molecular flexibility index (Phi) is 2.31. The fourth-order valence-electron chi connectivity index (χ4n) is 1.12. The first-order chi connectivity index (χ1) is 6.40. The molecule has 0 aromatic carbocycles. The highest BCUT2D eigenvalue weighted by Gasteiger charge is 2.02. The van der Waals surface area contributed by atoms with Crippen LogP contribution in [0, 0.1) is 0 Å². The third kappa shape index (κ3) is 1.72. The molecule has 2 rings (SSSR count). The van der Waals surface area contributed by atoms with Crippen LogP contribution in [0.3, 0.4) is 0 Å². The van der Waals surface area contributed by atoms with Crippen LogP contribution in [-0.2, 0) is 0 Å². The standard InChI is InChI=1S/C9H11N3S/c1-2-10-9-12-8(6-13-9)7-4-3-5-11-7/h3-6,11H,2H2,1H3,(H,10,12). The number of hydrogen-bond acceptors (Lipinski definition) is 3. The predicted octanol–water partition coefficient (Wildman–Crippen LogP) is 2.57. The molecule has 0 amide bonds. The zero-order chi connectivity index (χ0) is 9.10. The molecule has 2 N–H and O–H groups in total. The quantitative estimate of drug-likeness (QED) is 0.786. The van der Waals surface area contributed by atoms with Crippen molar-refractivity contribution in [2.45, 2.75) is 6.92 Å². The summed E-state index contributed by atoms with van der Waals surface area (Å²) in [6.07, 6.45) is 1.90. The molecule has 68 valence electrons. The van der Waals surface area contributed by atoms with E-state index in [0.29, 0.717) is 0 Å². The first-order valence-corrected chi connectivity index (χ1v) is 5.11. The van der Waals surface area contributed by atoms with Gasteiger partial charge in [0.2, 0.25) is 0 Å². The SMILES string of the molecule is CCNc1nc(-c2ccc[nH]2)cs1. The molecule has 3 nitrogen and oxygen atoms in total. The van der Waals surface area contributed by atoms with Crippen molar-refractivity contribution in [1.82, 2.24) is 9.97 Å². The van der Waals surface area contributed by atoms with Crippen LogP contribution in [0.2, 0.25) is 0 Å². The molecular formula is C9H11N3S. The lowest BCUT2D eigenvalue weighted by Crippen LogP contribution is -1.94. The van der Waals surface area contributed by atoms with Gasteiger partial charge >= 0.3 is 0 Å². The maximum atomic E-state index is 4.42. The molecule has 2 aromatic rings. The van der Waals surface area contributed by atoms with Crippen molar-refractivity contribution in [3.05, 3.63) is 23.7 Å². The van der Waals surface area contributed by atoms with Crippen LogP contribution < -0.4 is 5.32 Å². The predicted molar refractivity (Wildman–Crippen MR) is 56.1 cm³/mol. The summed E-state index contributed by atoms with van der Waals surface area (Å²) in [5, 5.41) is 6.21. The zero-order valence-corrected chi connectivity index (χ0v) is 8.19. The minimum atomic E-state index is 0.914. The molecule has 2 aromatic heterocycles. The van der Waals surface area contributed by atoms with Gasteiger partial charge in [0.15, 0.2) is 5.13 Å². The average molecular weight is 193 g/mol. The highest BCUT2D eigenvalue weighted by molar-refractivity contribution is 7.14. The van der Waals surface area contributed by atoms with Gasteiger partial charge in [-0.15, -0.1) is 11.3 Å². The first-order valence-electron chi connectivity index (χ1n) is 4.23. The summed E-state index contributed by atoms with van der Waals surface area (Å²) in [5.41, 5.74) is 2.08. The van der Waals surface area contributed by atoms with E-state index in [1.807, 2.05) is 23.7 Å². The van der Waals surface area contributed by atoms with Crippen LogP contribution >= 0.6 is 11.3 Å². The molecule has 0 aliphatic carbocycles. The normalized spacial score (nSPS) is 10.2. The van der Waals surface area contributed by atoms with Crippen molar-refractivity contribution < 1.29 is 0 Å². The molecule has 2 heterocycles. The molecule has 0 spiro atoms. The van der Waals surface area contributed by atoms with Crippen LogP contribution in [0.15, 0.2) is 23.7 Å². The molecule has 0 fully saturated rings. The molecule has 4 heteroatoms. The molecule has 0 aliphatic rings. The lowest BCUT2D eigenvalue weighted by atomic mass is 10.3. The Morgan fingerprint density at radius 1 is 1.62 bits per heavy atom. The average Bonchev–Trinajstić information content (AvgIpc) is 2.70. The fraction of sp³-hybridized carbons (Fsp3) is 0.222. The monoisotopic (exact) mass is 193 g/mol. The minimum absolute atomic E-state index is 0.914. The Labute approximate surface area is 80.8 Å². The van der Waals surface area contributed by atoms with E-state index in [9.17, 15) is 0 Å². The third-order valence-corrected chi connectivity index (χ3v) is 2.51. The van der Waals surface area contributed by atoms with E-state index in [0.717, 1.165) is 23.1 Å². The number of nitrogens with one attached hydrogen (secondary N) is 2. The van der Waals surface area contributed by atoms with E-state index in [1.165, 1.54) is 0 Å². The summed E-state index contributed by atoms with van der Waals surface area (Å²) >= 11 is 1.63. The topological polar surface area (TPSA) is 40.7 Å². The van der Waals surface area contributed by atoms with E-state index in [-0.39, 0.29) is 0 Å². The van der Waals surface area contributed by atoms with Crippen molar-refractivity contribution >= 4 is 16.5 Å². The van der Waals surface area contributed by atoms with Gasteiger partial charge in [0.05, 0.1) is 11.4 Å². The fourth-order valence-corrected chi connectivity index (χ4v) is 1.90. The molecule has 0 unspecified atom stereocenters. The highest BCUT2D eigenvalue weighted by atomic mass is 32.1. The Hall–Kier alpha value is -1.29. The Bertz CT molecular complexity index is 364. The second kappa shape index (κ2) is 3.62. The van der Waals surface area contributed by atoms with E-state index in [4.69, 9.17) is 0 Å². The highest BCUT2D eigenvalue weighted by Crippen LogP contribution is 2.22. The van der Waals surface area contributed by atoms with Crippen molar-refractivity contribution in [2.24, 2.45) is 0 Å². The van der Waals surface area contributed by atoms with Crippen LogP contribution in [0.4, 0.5) is 5.13 Å². The van der Waals surface area contributed by atoms with Crippen LogP contribution in [0.25, 0.3) is 11.4 Å². The lowest BCUT2D eigenvalue weighted by Gasteiger charge is -1.93. The summed E-state index contributed by atoms with van der Waals surface area (Å²) in [4.78, 5) is 7.54. The minimum Gasteiger partial charge on any atom is -0.362 e. The van der Waals surface area contributed by atoms with Gasteiger partial charge < -0.3 is 10.3 Å². The molecule has 0 radical (unpaired) electrons. The van der Waals surface area contributed by atoms with Gasteiger partial charge in [-0.05, 0) is 19.1 Å². The Morgan fingerprint density at radius 3 is 3.23 bits per heavy atom. The summed E-state index contributed by atoms with van der Waals surface area (Å²) in [6.45, 7) is 2.98. The summed E-state index contributed by atoms with van der Waals surface area (Å²) in [5.74, 6) is 0. The largest absolute Gasteiger partial charge is 0.362 e. The van der Waals surface area contributed by atoms with Crippen molar-refractivity contribution in [2.75, 3.05) is 11.9 Å². The maximum absolute atomic E-state index is 4.42. The van der Waals surface area contributed by atoms with Crippen LogP contribution in [0.5, 0.6) is 0 Å². The van der Waals surface area contributed by atoms with Gasteiger partial charge in [0.25, 0.3) is 0 Å². The molecule has 0 atom stereocenters. The van der Waals surface area contributed by atoms with E-state index >= 15 is 0 Å². The Morgan fingerprint density at radius 2 is 2.54 bits per heavy atom. The van der Waals surface area contributed by atoms with Gasteiger partial charge in [0.1, 0.15) is 0 Å². The second-order valence-electron chi connectivity index (χ2n) is 2.65. The first kappa shape index (κ1) is 8.31. The van der Waals surface area contributed by atoms with Gasteiger partial charge in [-0.3, -0.25) is 0 Å². The molecule has 0 saturated heterocycles. The van der Waals surface area contributed by atoms with Crippen molar-refractivity contribution in [3.8, 4) is 11.4 Å². The number of H-pyrrole nitrogens is 1. The molecule has 0 bridgehead atoms. The number of aromatic amines is 1. The van der Waals surface area contributed by atoms with Gasteiger partial charge in [-0.2, -0.15) is 0 Å². The van der Waals surface area contributed by atoms with Crippen molar-refractivity contribution in [3.63, 3.8) is 0 Å². The zero-order valence-electron chi connectivity index (χ0n) is 7.37. The summed E-state index contributed by atoms with van der Waals surface area (Å²) < 4.78 is 0. The van der Waals surface area contributed by atoms with Crippen molar-refractivity contribution in [1.29, 1.82) is 0 Å². The number of nitrogens with zero attached hydrogens (tertiary/aromatic N) is 1. The van der Waals surface area contributed by atoms with E-state index in [1.54, 1.807) is 11.3 Å². The number of anilines is 1. The van der Waals surface area contributed by atoms with Gasteiger partial charge in [-0.25, -0.2) is 4.98 Å². The number of aromatic nitrogens is 2. The number of rotatable bonds is 3. The molecule has 13 heavy (non-hydrogen) atoms. The molecule has 0 aliphatic heterocycles. The lowest BCUT2D eigenvalue weighted by molar-refractivity contribution is 1.19. The summed E-state index contributed by atoms with van der Waals surface area (Å²) in [7, 11) is 0. The van der Waals surface area contributed by atoms with Gasteiger partial charge in [-0.1, -0.05) is 0 Å². The number of hydrogen-bond donors (Lipinski definition) is 2. The Balaban J connectivity index is 2.23. The van der Waals surface area contributed by atoms with Gasteiger partial charge in [0, 0.05) is 18.1 Å². The van der Waals surface area contributed by atoms with E-state index in [2.05, 4.69) is 22.2 Å². The second-order valence-corrected chi connectivity index (χ2v) is 3.51. The van der Waals surface area contributed by atoms with Crippen LogP contribution in [-0.4, -0.2) is 16.5 Å².